The molecule has 2 aliphatic carbocycles. The van der Waals surface area contributed by atoms with Crippen molar-refractivity contribution in [3.8, 4) is 0 Å². The Morgan fingerprint density at radius 1 is 0.905 bits per heavy atom. The minimum absolute atomic E-state index is 0.160. The summed E-state index contributed by atoms with van der Waals surface area (Å²) in [5, 5.41) is 0.499. The molecule has 1 nitrogen and oxygen atoms in total. The molecule has 0 heterocycles. The first kappa shape index (κ1) is 13.4. The number of aryl methyl sites for hydroxylation is 3. The van der Waals surface area contributed by atoms with Gasteiger partial charge in [0.05, 0.1) is 0 Å². The van der Waals surface area contributed by atoms with E-state index in [9.17, 15) is 0 Å². The van der Waals surface area contributed by atoms with Crippen LogP contribution >= 0.6 is 11.8 Å². The average Bonchev–Trinajstić information content (AvgIpc) is 2.98. The van der Waals surface area contributed by atoms with Crippen LogP contribution < -0.4 is 5.73 Å². The molecule has 2 N–H and O–H groups in total. The molecule has 21 heavy (non-hydrogen) atoms. The molecule has 2 aromatic carbocycles. The molecular formula is C19H21NS. The maximum atomic E-state index is 6.53. The summed E-state index contributed by atoms with van der Waals surface area (Å²) in [4.78, 5) is 1.40. The first-order valence-electron chi connectivity index (χ1n) is 7.93. The first-order valence-corrected chi connectivity index (χ1v) is 8.81. The second-order valence-corrected chi connectivity index (χ2v) is 7.52. The Labute approximate surface area is 130 Å². The van der Waals surface area contributed by atoms with Gasteiger partial charge in [-0.2, -0.15) is 0 Å². The Kier molecular flexibility index (Phi) is 3.52. The number of thioether (sulfide) groups is 1. The SMILES string of the molecule is NC1c2ccccc2CCC1Sc1ccc2c(c1)CCC2. The van der Waals surface area contributed by atoms with Crippen molar-refractivity contribution in [2.45, 2.75) is 48.3 Å². The van der Waals surface area contributed by atoms with Crippen LogP contribution in [0.2, 0.25) is 0 Å². The van der Waals surface area contributed by atoms with Crippen LogP contribution in [-0.2, 0) is 19.3 Å². The monoisotopic (exact) mass is 295 g/mol. The van der Waals surface area contributed by atoms with E-state index in [1.807, 2.05) is 11.8 Å². The maximum absolute atomic E-state index is 6.53. The van der Waals surface area contributed by atoms with Gasteiger partial charge in [0.15, 0.2) is 0 Å². The van der Waals surface area contributed by atoms with Crippen LogP contribution in [-0.4, -0.2) is 5.25 Å². The molecule has 108 valence electrons. The van der Waals surface area contributed by atoms with Crippen molar-refractivity contribution < 1.29 is 0 Å². The Bertz CT molecular complexity index is 664. The van der Waals surface area contributed by atoms with Gasteiger partial charge < -0.3 is 5.73 Å². The second-order valence-electron chi connectivity index (χ2n) is 6.20. The average molecular weight is 295 g/mol. The molecule has 0 radical (unpaired) electrons. The summed E-state index contributed by atoms with van der Waals surface area (Å²) in [5.41, 5.74) is 12.4. The van der Waals surface area contributed by atoms with Crippen LogP contribution in [0.4, 0.5) is 0 Å². The molecular weight excluding hydrogens is 274 g/mol. The summed E-state index contributed by atoms with van der Waals surface area (Å²) in [6, 6.07) is 15.9. The van der Waals surface area contributed by atoms with Crippen LogP contribution in [0, 0.1) is 0 Å². The van der Waals surface area contributed by atoms with Gasteiger partial charge in [0.2, 0.25) is 0 Å². The van der Waals surface area contributed by atoms with Crippen molar-refractivity contribution in [2.24, 2.45) is 5.73 Å². The number of benzene rings is 2. The molecule has 0 amide bonds. The molecule has 0 fully saturated rings. The number of hydrogen-bond acceptors (Lipinski definition) is 2. The van der Waals surface area contributed by atoms with Gasteiger partial charge in [0, 0.05) is 16.2 Å². The van der Waals surface area contributed by atoms with Crippen LogP contribution in [0.1, 0.15) is 41.1 Å². The van der Waals surface area contributed by atoms with E-state index >= 15 is 0 Å². The van der Waals surface area contributed by atoms with Gasteiger partial charge in [-0.3, -0.25) is 0 Å². The van der Waals surface area contributed by atoms with Crippen LogP contribution in [0.5, 0.6) is 0 Å². The summed E-state index contributed by atoms with van der Waals surface area (Å²) in [7, 11) is 0. The fourth-order valence-corrected chi connectivity index (χ4v) is 4.93. The number of rotatable bonds is 2. The smallest absolute Gasteiger partial charge is 0.0421 e. The molecule has 2 aliphatic rings. The summed E-state index contributed by atoms with van der Waals surface area (Å²) in [6.45, 7) is 0. The zero-order valence-electron chi connectivity index (χ0n) is 12.2. The molecule has 0 saturated carbocycles. The van der Waals surface area contributed by atoms with Gasteiger partial charge in [-0.05, 0) is 66.5 Å². The normalized spacial score (nSPS) is 23.7. The predicted molar refractivity (Wildman–Crippen MR) is 89.8 cm³/mol. The maximum Gasteiger partial charge on any atom is 0.0421 e. The van der Waals surface area contributed by atoms with Gasteiger partial charge in [0.25, 0.3) is 0 Å². The molecule has 2 aromatic rings. The molecule has 0 aromatic heterocycles. The van der Waals surface area contributed by atoms with E-state index in [1.165, 1.54) is 41.7 Å². The lowest BCUT2D eigenvalue weighted by Gasteiger charge is -2.30. The standard InChI is InChI=1S/C19H21NS/c20-19-17-7-2-1-4-14(17)9-11-18(19)21-16-10-8-13-5-3-6-15(13)12-16/h1-2,4,7-8,10,12,18-19H,3,5-6,9,11,20H2. The van der Waals surface area contributed by atoms with Crippen LogP contribution in [0.3, 0.4) is 0 Å². The lowest BCUT2D eigenvalue weighted by atomic mass is 9.88. The van der Waals surface area contributed by atoms with E-state index in [4.69, 9.17) is 5.73 Å². The fourth-order valence-electron chi connectivity index (χ4n) is 3.69. The van der Waals surface area contributed by atoms with Crippen molar-refractivity contribution >= 4 is 11.8 Å². The number of hydrogen-bond donors (Lipinski definition) is 1. The predicted octanol–water partition coefficient (Wildman–Crippen LogP) is 4.28. The zero-order valence-corrected chi connectivity index (χ0v) is 13.0. The zero-order chi connectivity index (χ0) is 14.2. The van der Waals surface area contributed by atoms with E-state index in [2.05, 4.69) is 42.5 Å². The van der Waals surface area contributed by atoms with Gasteiger partial charge in [-0.1, -0.05) is 30.3 Å². The largest absolute Gasteiger partial charge is 0.323 e. The Morgan fingerprint density at radius 2 is 1.76 bits per heavy atom. The molecule has 2 unspecified atom stereocenters. The fraction of sp³-hybridized carbons (Fsp3) is 0.368. The molecule has 0 aliphatic heterocycles. The van der Waals surface area contributed by atoms with Gasteiger partial charge in [0.1, 0.15) is 0 Å². The molecule has 0 saturated heterocycles. The number of nitrogens with two attached hydrogens (primary N) is 1. The van der Waals surface area contributed by atoms with Crippen molar-refractivity contribution in [1.82, 2.24) is 0 Å². The third-order valence-electron chi connectivity index (χ3n) is 4.87. The summed E-state index contributed by atoms with van der Waals surface area (Å²) in [6.07, 6.45) is 6.17. The van der Waals surface area contributed by atoms with E-state index < -0.39 is 0 Å². The molecule has 0 bridgehead atoms. The summed E-state index contributed by atoms with van der Waals surface area (Å²) < 4.78 is 0. The highest BCUT2D eigenvalue weighted by Crippen LogP contribution is 2.39. The van der Waals surface area contributed by atoms with E-state index in [0.717, 1.165) is 6.42 Å². The lowest BCUT2D eigenvalue weighted by Crippen LogP contribution is -2.29. The molecule has 2 heteroatoms. The molecule has 4 rings (SSSR count). The highest BCUT2D eigenvalue weighted by atomic mass is 32.2. The third kappa shape index (κ3) is 2.51. The van der Waals surface area contributed by atoms with E-state index in [1.54, 1.807) is 11.1 Å². The van der Waals surface area contributed by atoms with Crippen molar-refractivity contribution in [1.29, 1.82) is 0 Å². The lowest BCUT2D eigenvalue weighted by molar-refractivity contribution is 0.587. The van der Waals surface area contributed by atoms with Gasteiger partial charge in [-0.25, -0.2) is 0 Å². The van der Waals surface area contributed by atoms with Crippen LogP contribution in [0.25, 0.3) is 0 Å². The van der Waals surface area contributed by atoms with Crippen molar-refractivity contribution in [3.63, 3.8) is 0 Å². The van der Waals surface area contributed by atoms with Gasteiger partial charge >= 0.3 is 0 Å². The molecule has 0 spiro atoms. The summed E-state index contributed by atoms with van der Waals surface area (Å²) in [5.74, 6) is 0. The Morgan fingerprint density at radius 3 is 2.71 bits per heavy atom. The van der Waals surface area contributed by atoms with E-state index in [-0.39, 0.29) is 6.04 Å². The van der Waals surface area contributed by atoms with E-state index in [0.29, 0.717) is 5.25 Å². The summed E-state index contributed by atoms with van der Waals surface area (Å²) >= 11 is 1.98. The highest BCUT2D eigenvalue weighted by molar-refractivity contribution is 8.00. The van der Waals surface area contributed by atoms with Crippen molar-refractivity contribution in [2.75, 3.05) is 0 Å². The topological polar surface area (TPSA) is 26.0 Å². The second kappa shape index (κ2) is 5.51. The Hall–Kier alpha value is -1.25. The minimum atomic E-state index is 0.160. The van der Waals surface area contributed by atoms with Crippen molar-refractivity contribution in [3.05, 3.63) is 64.7 Å². The third-order valence-corrected chi connectivity index (χ3v) is 6.23. The van der Waals surface area contributed by atoms with Crippen LogP contribution in [0.15, 0.2) is 47.4 Å². The quantitative estimate of drug-likeness (QED) is 0.895. The highest BCUT2D eigenvalue weighted by Gasteiger charge is 2.27. The van der Waals surface area contributed by atoms with Gasteiger partial charge in [-0.15, -0.1) is 11.8 Å². The molecule has 2 atom stereocenters. The minimum Gasteiger partial charge on any atom is -0.323 e. The number of fused-ring (bicyclic) bond motifs is 2. The first-order chi connectivity index (χ1) is 10.3. The Balaban J connectivity index is 1.56.